The molecule has 0 bridgehead atoms. The Kier molecular flexibility index (Phi) is 2.50. The van der Waals surface area contributed by atoms with Crippen LogP contribution in [-0.4, -0.2) is 11.4 Å². The fourth-order valence-electron chi connectivity index (χ4n) is 1.41. The van der Waals surface area contributed by atoms with E-state index in [1.807, 2.05) is 36.4 Å². The van der Waals surface area contributed by atoms with Gasteiger partial charge in [-0.2, -0.15) is 0 Å². The normalized spacial score (nSPS) is 11.2. The van der Waals surface area contributed by atoms with E-state index in [0.29, 0.717) is 0 Å². The van der Waals surface area contributed by atoms with Gasteiger partial charge in [0.05, 0.1) is 6.21 Å². The molecule has 0 saturated carbocycles. The highest BCUT2D eigenvalue weighted by Crippen LogP contribution is 2.23. The van der Waals surface area contributed by atoms with Crippen LogP contribution < -0.4 is 0 Å². The average molecular weight is 250 g/mol. The van der Waals surface area contributed by atoms with Crippen LogP contribution in [0.5, 0.6) is 0 Å². The van der Waals surface area contributed by atoms with Gasteiger partial charge in [0.25, 0.3) is 0 Å². The number of hydrogen-bond acceptors (Lipinski definition) is 2. The third-order valence-electron chi connectivity index (χ3n) is 2.06. The van der Waals surface area contributed by atoms with Gasteiger partial charge in [-0.3, -0.25) is 0 Å². The summed E-state index contributed by atoms with van der Waals surface area (Å²) >= 11 is 3.48. The number of rotatable bonds is 1. The Balaban J connectivity index is 2.67. The number of hydrogen-bond donors (Lipinski definition) is 1. The Morgan fingerprint density at radius 1 is 1.21 bits per heavy atom. The molecule has 0 spiro atoms. The summed E-state index contributed by atoms with van der Waals surface area (Å²) in [6, 6.07) is 11.9. The zero-order valence-corrected chi connectivity index (χ0v) is 8.90. The van der Waals surface area contributed by atoms with Gasteiger partial charge in [0.2, 0.25) is 0 Å². The summed E-state index contributed by atoms with van der Waals surface area (Å²) in [5.74, 6) is 0. The van der Waals surface area contributed by atoms with Crippen molar-refractivity contribution in [3.05, 3.63) is 46.4 Å². The van der Waals surface area contributed by atoms with E-state index in [1.54, 1.807) is 0 Å². The lowest BCUT2D eigenvalue weighted by Crippen LogP contribution is -1.81. The van der Waals surface area contributed by atoms with Crippen LogP contribution >= 0.6 is 15.9 Å². The fraction of sp³-hybridized carbons (Fsp3) is 0. The molecule has 2 aromatic rings. The molecule has 0 aliphatic heterocycles. The Morgan fingerprint density at radius 3 is 2.86 bits per heavy atom. The molecule has 0 atom stereocenters. The van der Waals surface area contributed by atoms with Crippen molar-refractivity contribution >= 4 is 32.9 Å². The summed E-state index contributed by atoms with van der Waals surface area (Å²) in [7, 11) is 0. The zero-order chi connectivity index (χ0) is 9.97. The lowest BCUT2D eigenvalue weighted by molar-refractivity contribution is 0.322. The van der Waals surface area contributed by atoms with Crippen LogP contribution in [-0.2, 0) is 0 Å². The van der Waals surface area contributed by atoms with E-state index in [1.165, 1.54) is 6.21 Å². The molecule has 2 nitrogen and oxygen atoms in total. The maximum Gasteiger partial charge on any atom is 0.0734 e. The maximum absolute atomic E-state index is 8.41. The monoisotopic (exact) mass is 249 g/mol. The van der Waals surface area contributed by atoms with Gasteiger partial charge in [-0.05, 0) is 28.5 Å². The smallest absolute Gasteiger partial charge is 0.0734 e. The van der Waals surface area contributed by atoms with Crippen LogP contribution in [0.4, 0.5) is 0 Å². The Labute approximate surface area is 90.0 Å². The second-order valence-corrected chi connectivity index (χ2v) is 3.82. The standard InChI is InChI=1S/C11H8BrNO/c12-11-3-1-2-9-6-8(7-13-14)4-5-10(9)11/h1-7,14H. The van der Waals surface area contributed by atoms with Crippen molar-refractivity contribution in [3.63, 3.8) is 0 Å². The largest absolute Gasteiger partial charge is 0.411 e. The van der Waals surface area contributed by atoms with Crippen LogP contribution in [0.25, 0.3) is 10.8 Å². The van der Waals surface area contributed by atoms with Crippen LogP contribution in [0.1, 0.15) is 5.56 Å². The van der Waals surface area contributed by atoms with Gasteiger partial charge in [-0.1, -0.05) is 45.4 Å². The van der Waals surface area contributed by atoms with E-state index in [2.05, 4.69) is 21.1 Å². The van der Waals surface area contributed by atoms with Crippen molar-refractivity contribution in [1.82, 2.24) is 0 Å². The average Bonchev–Trinajstić information content (AvgIpc) is 2.18. The van der Waals surface area contributed by atoms with Crippen molar-refractivity contribution in [2.75, 3.05) is 0 Å². The molecular weight excluding hydrogens is 242 g/mol. The second kappa shape index (κ2) is 3.80. The van der Waals surface area contributed by atoms with E-state index in [0.717, 1.165) is 20.8 Å². The summed E-state index contributed by atoms with van der Waals surface area (Å²) in [4.78, 5) is 0. The van der Waals surface area contributed by atoms with Gasteiger partial charge in [0.1, 0.15) is 0 Å². The van der Waals surface area contributed by atoms with Crippen LogP contribution in [0.15, 0.2) is 46.0 Å². The molecule has 0 aromatic heterocycles. The van der Waals surface area contributed by atoms with E-state index in [9.17, 15) is 0 Å². The highest BCUT2D eigenvalue weighted by atomic mass is 79.9. The molecule has 0 fully saturated rings. The first-order chi connectivity index (χ1) is 6.81. The minimum Gasteiger partial charge on any atom is -0.411 e. The van der Waals surface area contributed by atoms with Crippen LogP contribution in [0.3, 0.4) is 0 Å². The van der Waals surface area contributed by atoms with Crippen molar-refractivity contribution in [2.45, 2.75) is 0 Å². The molecule has 0 aliphatic rings. The first kappa shape index (κ1) is 9.21. The van der Waals surface area contributed by atoms with Crippen molar-refractivity contribution in [1.29, 1.82) is 0 Å². The first-order valence-electron chi connectivity index (χ1n) is 4.17. The molecule has 2 aromatic carbocycles. The third-order valence-corrected chi connectivity index (χ3v) is 2.75. The predicted octanol–water partition coefficient (Wildman–Crippen LogP) is 3.41. The number of oxime groups is 1. The second-order valence-electron chi connectivity index (χ2n) is 2.96. The molecule has 0 saturated heterocycles. The molecule has 3 heteroatoms. The van der Waals surface area contributed by atoms with Gasteiger partial charge in [-0.25, -0.2) is 0 Å². The molecule has 2 rings (SSSR count). The minimum absolute atomic E-state index is 0.887. The highest BCUT2D eigenvalue weighted by molar-refractivity contribution is 9.10. The summed E-state index contributed by atoms with van der Waals surface area (Å²) in [5, 5.41) is 13.7. The molecular formula is C11H8BrNO. The topological polar surface area (TPSA) is 32.6 Å². The number of nitrogens with zero attached hydrogens (tertiary/aromatic N) is 1. The quantitative estimate of drug-likeness (QED) is 0.469. The fourth-order valence-corrected chi connectivity index (χ4v) is 1.92. The predicted molar refractivity (Wildman–Crippen MR) is 61.0 cm³/mol. The SMILES string of the molecule is ON=Cc1ccc2c(Br)cccc2c1. The van der Waals surface area contributed by atoms with Crippen LogP contribution in [0, 0.1) is 0 Å². The minimum atomic E-state index is 0.887. The molecule has 0 unspecified atom stereocenters. The van der Waals surface area contributed by atoms with E-state index >= 15 is 0 Å². The summed E-state index contributed by atoms with van der Waals surface area (Å²) in [6.07, 6.45) is 1.42. The van der Waals surface area contributed by atoms with E-state index in [-0.39, 0.29) is 0 Å². The number of benzene rings is 2. The highest BCUT2D eigenvalue weighted by Gasteiger charge is 1.97. The van der Waals surface area contributed by atoms with Crippen molar-refractivity contribution in [2.24, 2.45) is 5.16 Å². The first-order valence-corrected chi connectivity index (χ1v) is 4.96. The van der Waals surface area contributed by atoms with Gasteiger partial charge in [-0.15, -0.1) is 0 Å². The molecule has 0 aliphatic carbocycles. The molecule has 1 N–H and O–H groups in total. The Hall–Kier alpha value is -1.35. The van der Waals surface area contributed by atoms with E-state index < -0.39 is 0 Å². The van der Waals surface area contributed by atoms with E-state index in [4.69, 9.17) is 5.21 Å². The van der Waals surface area contributed by atoms with Gasteiger partial charge in [0.15, 0.2) is 0 Å². The molecule has 14 heavy (non-hydrogen) atoms. The van der Waals surface area contributed by atoms with Crippen molar-refractivity contribution in [3.8, 4) is 0 Å². The number of halogens is 1. The Bertz CT molecular complexity index is 494. The Morgan fingerprint density at radius 2 is 2.07 bits per heavy atom. The van der Waals surface area contributed by atoms with Crippen molar-refractivity contribution < 1.29 is 5.21 Å². The lowest BCUT2D eigenvalue weighted by atomic mass is 10.1. The lowest BCUT2D eigenvalue weighted by Gasteiger charge is -2.00. The summed E-state index contributed by atoms with van der Waals surface area (Å²) in [6.45, 7) is 0. The van der Waals surface area contributed by atoms with Gasteiger partial charge < -0.3 is 5.21 Å². The summed E-state index contributed by atoms with van der Waals surface area (Å²) in [5.41, 5.74) is 0.887. The third kappa shape index (κ3) is 1.63. The molecule has 0 heterocycles. The number of fused-ring (bicyclic) bond motifs is 1. The van der Waals surface area contributed by atoms with Gasteiger partial charge in [0, 0.05) is 4.47 Å². The molecule has 0 radical (unpaired) electrons. The molecule has 0 amide bonds. The van der Waals surface area contributed by atoms with Gasteiger partial charge >= 0.3 is 0 Å². The summed E-state index contributed by atoms with van der Waals surface area (Å²) < 4.78 is 1.07. The zero-order valence-electron chi connectivity index (χ0n) is 7.31. The maximum atomic E-state index is 8.41. The van der Waals surface area contributed by atoms with Crippen LogP contribution in [0.2, 0.25) is 0 Å². The molecule has 70 valence electrons.